The smallest absolute Gasteiger partial charge is 0.305 e. The molecular weight excluding hydrogens is 265 g/mol. The zero-order valence-corrected chi connectivity index (χ0v) is 11.6. The minimum atomic E-state index is -0.952. The van der Waals surface area contributed by atoms with E-state index >= 15 is 0 Å². The number of benzene rings is 1. The highest BCUT2D eigenvalue weighted by Gasteiger charge is 2.14. The van der Waals surface area contributed by atoms with Gasteiger partial charge in [0, 0.05) is 13.1 Å². The molecule has 0 aliphatic heterocycles. The van der Waals surface area contributed by atoms with Gasteiger partial charge in [0.15, 0.2) is 11.6 Å². The van der Waals surface area contributed by atoms with Crippen molar-refractivity contribution in [2.45, 2.75) is 19.8 Å². The molecule has 1 amide bonds. The molecule has 0 fully saturated rings. The number of likely N-dealkylation sites (N-methyl/N-ethyl adjacent to an activating group) is 1. The first kappa shape index (κ1) is 15.9. The molecule has 1 aromatic carbocycles. The summed E-state index contributed by atoms with van der Waals surface area (Å²) in [4.78, 5) is 24.0. The van der Waals surface area contributed by atoms with Crippen molar-refractivity contribution in [1.29, 1.82) is 0 Å². The van der Waals surface area contributed by atoms with Gasteiger partial charge in [0.1, 0.15) is 0 Å². The van der Waals surface area contributed by atoms with Crippen molar-refractivity contribution < 1.29 is 23.8 Å². The fraction of sp³-hybridized carbons (Fsp3) is 0.429. The van der Waals surface area contributed by atoms with Crippen LogP contribution in [0.3, 0.4) is 0 Å². The Bertz CT molecular complexity index is 490. The highest BCUT2D eigenvalue weighted by atomic mass is 19.1. The van der Waals surface area contributed by atoms with E-state index in [0.29, 0.717) is 12.1 Å². The van der Waals surface area contributed by atoms with Gasteiger partial charge in [0.2, 0.25) is 5.91 Å². The average Bonchev–Trinajstić information content (AvgIpc) is 2.39. The summed E-state index contributed by atoms with van der Waals surface area (Å²) >= 11 is 0. The van der Waals surface area contributed by atoms with Crippen molar-refractivity contribution in [3.63, 3.8) is 0 Å². The highest BCUT2D eigenvalue weighted by molar-refractivity contribution is 5.79. The van der Waals surface area contributed by atoms with Gasteiger partial charge < -0.3 is 14.7 Å². The SMILES string of the molecule is CCN(CCC(=O)O)C(=O)Cc1ccc(OC)c(F)c1. The lowest BCUT2D eigenvalue weighted by Gasteiger charge is -2.20. The van der Waals surface area contributed by atoms with E-state index < -0.39 is 11.8 Å². The van der Waals surface area contributed by atoms with Gasteiger partial charge in [-0.15, -0.1) is 0 Å². The van der Waals surface area contributed by atoms with Crippen LogP contribution in [0.25, 0.3) is 0 Å². The molecule has 0 aromatic heterocycles. The van der Waals surface area contributed by atoms with Crippen LogP contribution in [0.4, 0.5) is 4.39 Å². The zero-order valence-electron chi connectivity index (χ0n) is 11.6. The van der Waals surface area contributed by atoms with Crippen LogP contribution in [0.5, 0.6) is 5.75 Å². The molecule has 0 atom stereocenters. The normalized spacial score (nSPS) is 10.2. The van der Waals surface area contributed by atoms with Crippen molar-refractivity contribution in [1.82, 2.24) is 4.90 Å². The number of carbonyl (C=O) groups excluding carboxylic acids is 1. The third kappa shape index (κ3) is 4.53. The molecule has 0 saturated carbocycles. The molecule has 0 aliphatic carbocycles. The van der Waals surface area contributed by atoms with Crippen molar-refractivity contribution in [2.24, 2.45) is 0 Å². The number of hydrogen-bond acceptors (Lipinski definition) is 3. The van der Waals surface area contributed by atoms with E-state index in [2.05, 4.69) is 0 Å². The summed E-state index contributed by atoms with van der Waals surface area (Å²) in [5.41, 5.74) is 0.530. The maximum atomic E-state index is 13.5. The van der Waals surface area contributed by atoms with Crippen LogP contribution < -0.4 is 4.74 Å². The predicted octanol–water partition coefficient (Wildman–Crippen LogP) is 1.70. The molecule has 1 rings (SSSR count). The van der Waals surface area contributed by atoms with Crippen LogP contribution in [0.15, 0.2) is 18.2 Å². The van der Waals surface area contributed by atoms with Gasteiger partial charge in [-0.05, 0) is 24.6 Å². The van der Waals surface area contributed by atoms with Crippen LogP contribution in [-0.2, 0) is 16.0 Å². The maximum absolute atomic E-state index is 13.5. The van der Waals surface area contributed by atoms with Gasteiger partial charge in [0.25, 0.3) is 0 Å². The van der Waals surface area contributed by atoms with E-state index in [9.17, 15) is 14.0 Å². The molecule has 0 bridgehead atoms. The maximum Gasteiger partial charge on any atom is 0.305 e. The van der Waals surface area contributed by atoms with E-state index in [-0.39, 0.29) is 31.0 Å². The summed E-state index contributed by atoms with van der Waals surface area (Å²) in [5, 5.41) is 8.62. The first-order valence-corrected chi connectivity index (χ1v) is 6.30. The largest absolute Gasteiger partial charge is 0.494 e. The Labute approximate surface area is 117 Å². The summed E-state index contributed by atoms with van der Waals surface area (Å²) in [6, 6.07) is 4.33. The number of methoxy groups -OCH3 is 1. The monoisotopic (exact) mass is 283 g/mol. The first-order valence-electron chi connectivity index (χ1n) is 6.30. The Morgan fingerprint density at radius 1 is 1.40 bits per heavy atom. The van der Waals surface area contributed by atoms with E-state index in [1.807, 2.05) is 0 Å². The second kappa shape index (κ2) is 7.47. The molecule has 0 unspecified atom stereocenters. The summed E-state index contributed by atoms with van der Waals surface area (Å²) in [5.74, 6) is -1.57. The Balaban J connectivity index is 2.68. The van der Waals surface area contributed by atoms with Crippen LogP contribution in [-0.4, -0.2) is 42.1 Å². The molecule has 0 spiro atoms. The number of amides is 1. The molecule has 6 heteroatoms. The molecule has 20 heavy (non-hydrogen) atoms. The number of carbonyl (C=O) groups is 2. The lowest BCUT2D eigenvalue weighted by Crippen LogP contribution is -2.34. The molecule has 1 aromatic rings. The van der Waals surface area contributed by atoms with Crippen LogP contribution in [0.1, 0.15) is 18.9 Å². The number of ether oxygens (including phenoxy) is 1. The summed E-state index contributed by atoms with van der Waals surface area (Å²) in [7, 11) is 1.37. The quantitative estimate of drug-likeness (QED) is 0.827. The number of nitrogens with zero attached hydrogens (tertiary/aromatic N) is 1. The summed E-state index contributed by atoms with van der Waals surface area (Å²) in [6.07, 6.45) is -0.0646. The third-order valence-electron chi connectivity index (χ3n) is 2.90. The van der Waals surface area contributed by atoms with Crippen molar-refractivity contribution in [3.8, 4) is 5.75 Å². The molecule has 0 saturated heterocycles. The van der Waals surface area contributed by atoms with Crippen molar-refractivity contribution >= 4 is 11.9 Å². The molecule has 0 heterocycles. The molecule has 1 N–H and O–H groups in total. The molecule has 110 valence electrons. The van der Waals surface area contributed by atoms with Gasteiger partial charge in [0.05, 0.1) is 20.0 Å². The molecule has 5 nitrogen and oxygen atoms in total. The topological polar surface area (TPSA) is 66.8 Å². The number of aliphatic carboxylic acids is 1. The Kier molecular flexibility index (Phi) is 5.96. The van der Waals surface area contributed by atoms with Crippen molar-refractivity contribution in [2.75, 3.05) is 20.2 Å². The third-order valence-corrected chi connectivity index (χ3v) is 2.90. The Hall–Kier alpha value is -2.11. The number of rotatable bonds is 7. The molecule has 0 aliphatic rings. The lowest BCUT2D eigenvalue weighted by molar-refractivity contribution is -0.138. The van der Waals surface area contributed by atoms with Gasteiger partial charge >= 0.3 is 5.97 Å². The average molecular weight is 283 g/mol. The summed E-state index contributed by atoms with van der Waals surface area (Å²) < 4.78 is 18.3. The Morgan fingerprint density at radius 2 is 2.10 bits per heavy atom. The first-order chi connectivity index (χ1) is 9.47. The van der Waals surface area contributed by atoms with Gasteiger partial charge in [-0.25, -0.2) is 4.39 Å². The van der Waals surface area contributed by atoms with Gasteiger partial charge in [-0.1, -0.05) is 6.07 Å². The molecular formula is C14H18FNO4. The summed E-state index contributed by atoms with van der Waals surface area (Å²) in [6.45, 7) is 2.35. The highest BCUT2D eigenvalue weighted by Crippen LogP contribution is 2.18. The standard InChI is InChI=1S/C14H18FNO4/c1-3-16(7-6-14(18)19)13(17)9-10-4-5-12(20-2)11(15)8-10/h4-5,8H,3,6-7,9H2,1-2H3,(H,18,19). The van der Waals surface area contributed by atoms with E-state index in [0.717, 1.165) is 0 Å². The second-order valence-corrected chi connectivity index (χ2v) is 4.26. The van der Waals surface area contributed by atoms with Crippen LogP contribution in [0.2, 0.25) is 0 Å². The molecule has 0 radical (unpaired) electrons. The minimum Gasteiger partial charge on any atom is -0.494 e. The van der Waals surface area contributed by atoms with Crippen LogP contribution >= 0.6 is 0 Å². The number of carboxylic acids is 1. The fourth-order valence-corrected chi connectivity index (χ4v) is 1.80. The fourth-order valence-electron chi connectivity index (χ4n) is 1.80. The number of hydrogen-bond donors (Lipinski definition) is 1. The van der Waals surface area contributed by atoms with E-state index in [1.165, 1.54) is 24.1 Å². The van der Waals surface area contributed by atoms with Crippen LogP contribution in [0, 0.1) is 5.82 Å². The van der Waals surface area contributed by atoms with Gasteiger partial charge in [-0.2, -0.15) is 0 Å². The zero-order chi connectivity index (χ0) is 15.1. The van der Waals surface area contributed by atoms with E-state index in [4.69, 9.17) is 9.84 Å². The van der Waals surface area contributed by atoms with Crippen molar-refractivity contribution in [3.05, 3.63) is 29.6 Å². The minimum absolute atomic E-state index is 0.0361. The second-order valence-electron chi connectivity index (χ2n) is 4.26. The number of carboxylic acid groups (broad SMARTS) is 1. The number of halogens is 1. The Morgan fingerprint density at radius 3 is 2.60 bits per heavy atom. The predicted molar refractivity (Wildman–Crippen MR) is 71.2 cm³/mol. The lowest BCUT2D eigenvalue weighted by atomic mass is 10.1. The van der Waals surface area contributed by atoms with E-state index in [1.54, 1.807) is 13.0 Å². The van der Waals surface area contributed by atoms with Gasteiger partial charge in [-0.3, -0.25) is 9.59 Å².